The first kappa shape index (κ1) is 13.3. The molecule has 1 aromatic rings. The van der Waals surface area contributed by atoms with Gasteiger partial charge in [-0.3, -0.25) is 19.3 Å². The second-order valence-corrected chi connectivity index (χ2v) is 4.94. The standard InChI is InChI=1S/C13H17N3O3/c1-7(2)16-11(17)6-10(13(16)19)15-12(18)9-4-5-14-8(9)3/h4-5,7,10,14H,6H2,1-3H3,(H,15,18)/t10-/m0/s1. The van der Waals surface area contributed by atoms with Crippen molar-refractivity contribution in [3.8, 4) is 0 Å². The van der Waals surface area contributed by atoms with Crippen molar-refractivity contribution >= 4 is 17.7 Å². The predicted octanol–water partition coefficient (Wildman–Crippen LogP) is 0.589. The van der Waals surface area contributed by atoms with E-state index in [4.69, 9.17) is 0 Å². The van der Waals surface area contributed by atoms with Crippen molar-refractivity contribution in [2.45, 2.75) is 39.3 Å². The van der Waals surface area contributed by atoms with Crippen LogP contribution in [0.4, 0.5) is 0 Å². The highest BCUT2D eigenvalue weighted by atomic mass is 16.2. The van der Waals surface area contributed by atoms with Gasteiger partial charge in [0.25, 0.3) is 11.8 Å². The number of amides is 3. The van der Waals surface area contributed by atoms with Gasteiger partial charge in [0.15, 0.2) is 0 Å². The Morgan fingerprint density at radius 1 is 1.47 bits per heavy atom. The van der Waals surface area contributed by atoms with Crippen molar-refractivity contribution < 1.29 is 14.4 Å². The van der Waals surface area contributed by atoms with Gasteiger partial charge in [0.05, 0.1) is 12.0 Å². The van der Waals surface area contributed by atoms with Gasteiger partial charge in [0.2, 0.25) is 5.91 Å². The molecule has 2 heterocycles. The molecule has 1 aliphatic rings. The fourth-order valence-electron chi connectivity index (χ4n) is 2.24. The number of carbonyl (C=O) groups is 3. The molecule has 1 saturated heterocycles. The van der Waals surface area contributed by atoms with Crippen LogP contribution in [0.1, 0.15) is 36.3 Å². The van der Waals surface area contributed by atoms with Crippen LogP contribution >= 0.6 is 0 Å². The van der Waals surface area contributed by atoms with E-state index >= 15 is 0 Å². The third-order valence-electron chi connectivity index (χ3n) is 3.20. The smallest absolute Gasteiger partial charge is 0.253 e. The lowest BCUT2D eigenvalue weighted by Crippen LogP contribution is -2.43. The summed E-state index contributed by atoms with van der Waals surface area (Å²) in [6.45, 7) is 5.32. The monoisotopic (exact) mass is 263 g/mol. The average Bonchev–Trinajstić information content (AvgIpc) is 2.84. The number of aryl methyl sites for hydroxylation is 1. The van der Waals surface area contributed by atoms with Gasteiger partial charge in [-0.1, -0.05) is 0 Å². The van der Waals surface area contributed by atoms with Crippen LogP contribution in [0.5, 0.6) is 0 Å². The zero-order valence-electron chi connectivity index (χ0n) is 11.2. The van der Waals surface area contributed by atoms with E-state index in [0.717, 1.165) is 5.69 Å². The Balaban J connectivity index is 2.09. The van der Waals surface area contributed by atoms with E-state index in [9.17, 15) is 14.4 Å². The number of nitrogens with one attached hydrogen (secondary N) is 2. The molecule has 6 heteroatoms. The van der Waals surface area contributed by atoms with Crippen molar-refractivity contribution in [2.75, 3.05) is 0 Å². The molecular formula is C13H17N3O3. The number of rotatable bonds is 3. The van der Waals surface area contributed by atoms with E-state index in [1.807, 2.05) is 0 Å². The molecule has 0 unspecified atom stereocenters. The molecule has 0 saturated carbocycles. The summed E-state index contributed by atoms with van der Waals surface area (Å²) in [5, 5.41) is 2.62. The van der Waals surface area contributed by atoms with Gasteiger partial charge in [0, 0.05) is 17.9 Å². The maximum atomic E-state index is 12.0. The van der Waals surface area contributed by atoms with Crippen molar-refractivity contribution in [3.63, 3.8) is 0 Å². The highest BCUT2D eigenvalue weighted by Crippen LogP contribution is 2.17. The summed E-state index contributed by atoms with van der Waals surface area (Å²) in [4.78, 5) is 39.8. The Labute approximate surface area is 111 Å². The SMILES string of the molecule is Cc1[nH]ccc1C(=O)N[C@H]1CC(=O)N(C(C)C)C1=O. The number of aromatic amines is 1. The Morgan fingerprint density at radius 2 is 2.16 bits per heavy atom. The zero-order chi connectivity index (χ0) is 14.2. The first-order valence-electron chi connectivity index (χ1n) is 6.22. The summed E-state index contributed by atoms with van der Waals surface area (Å²) < 4.78 is 0. The number of likely N-dealkylation sites (tertiary alicyclic amines) is 1. The highest BCUT2D eigenvalue weighted by molar-refractivity contribution is 6.08. The summed E-state index contributed by atoms with van der Waals surface area (Å²) in [6, 6.07) is 0.708. The van der Waals surface area contributed by atoms with Gasteiger partial charge in [0.1, 0.15) is 6.04 Å². The molecule has 6 nitrogen and oxygen atoms in total. The molecule has 1 atom stereocenters. The van der Waals surface area contributed by atoms with Gasteiger partial charge < -0.3 is 10.3 Å². The molecule has 102 valence electrons. The van der Waals surface area contributed by atoms with Crippen LogP contribution in [-0.2, 0) is 9.59 Å². The molecule has 1 aromatic heterocycles. The van der Waals surface area contributed by atoms with E-state index in [0.29, 0.717) is 5.56 Å². The van der Waals surface area contributed by atoms with Crippen LogP contribution in [0.3, 0.4) is 0 Å². The Kier molecular flexibility index (Phi) is 3.42. The van der Waals surface area contributed by atoms with E-state index in [1.165, 1.54) is 4.90 Å². The minimum absolute atomic E-state index is 0.0340. The molecule has 1 fully saturated rings. The van der Waals surface area contributed by atoms with Gasteiger partial charge in [-0.15, -0.1) is 0 Å². The van der Waals surface area contributed by atoms with E-state index in [-0.39, 0.29) is 30.2 Å². The van der Waals surface area contributed by atoms with Gasteiger partial charge >= 0.3 is 0 Å². The Bertz CT molecular complexity index is 533. The molecule has 19 heavy (non-hydrogen) atoms. The fraction of sp³-hybridized carbons (Fsp3) is 0.462. The predicted molar refractivity (Wildman–Crippen MR) is 68.4 cm³/mol. The molecule has 0 spiro atoms. The van der Waals surface area contributed by atoms with Crippen LogP contribution in [0, 0.1) is 6.92 Å². The first-order chi connectivity index (χ1) is 8.91. The number of carbonyl (C=O) groups excluding carboxylic acids is 3. The van der Waals surface area contributed by atoms with Gasteiger partial charge in [-0.2, -0.15) is 0 Å². The van der Waals surface area contributed by atoms with Crippen molar-refractivity contribution in [2.24, 2.45) is 0 Å². The number of hydrogen-bond acceptors (Lipinski definition) is 3. The topological polar surface area (TPSA) is 82.3 Å². The van der Waals surface area contributed by atoms with E-state index < -0.39 is 6.04 Å². The third kappa shape index (κ3) is 2.38. The van der Waals surface area contributed by atoms with Crippen LogP contribution in [0.2, 0.25) is 0 Å². The van der Waals surface area contributed by atoms with Gasteiger partial charge in [-0.25, -0.2) is 0 Å². The number of H-pyrrole nitrogens is 1. The summed E-state index contributed by atoms with van der Waals surface area (Å²) in [6.07, 6.45) is 1.69. The molecule has 1 aliphatic heterocycles. The lowest BCUT2D eigenvalue weighted by atomic mass is 10.2. The molecule has 2 rings (SSSR count). The van der Waals surface area contributed by atoms with Crippen LogP contribution in [0.15, 0.2) is 12.3 Å². The average molecular weight is 263 g/mol. The molecule has 2 N–H and O–H groups in total. The lowest BCUT2D eigenvalue weighted by molar-refractivity contribution is -0.140. The summed E-state index contributed by atoms with van der Waals surface area (Å²) in [7, 11) is 0. The second kappa shape index (κ2) is 4.87. The summed E-state index contributed by atoms with van der Waals surface area (Å²) in [5.41, 5.74) is 1.22. The summed E-state index contributed by atoms with van der Waals surface area (Å²) in [5.74, 6) is -0.909. The fourth-order valence-corrected chi connectivity index (χ4v) is 2.24. The van der Waals surface area contributed by atoms with Crippen molar-refractivity contribution in [1.29, 1.82) is 0 Å². The maximum Gasteiger partial charge on any atom is 0.253 e. The first-order valence-corrected chi connectivity index (χ1v) is 6.22. The number of nitrogens with zero attached hydrogens (tertiary/aromatic N) is 1. The summed E-state index contributed by atoms with van der Waals surface area (Å²) >= 11 is 0. The Morgan fingerprint density at radius 3 is 2.63 bits per heavy atom. The van der Waals surface area contributed by atoms with Crippen LogP contribution in [-0.4, -0.2) is 39.7 Å². The lowest BCUT2D eigenvalue weighted by Gasteiger charge is -2.19. The second-order valence-electron chi connectivity index (χ2n) is 4.94. The van der Waals surface area contributed by atoms with E-state index in [2.05, 4.69) is 10.3 Å². The molecule has 0 radical (unpaired) electrons. The molecule has 0 aliphatic carbocycles. The number of hydrogen-bond donors (Lipinski definition) is 2. The molecular weight excluding hydrogens is 246 g/mol. The van der Waals surface area contributed by atoms with Gasteiger partial charge in [-0.05, 0) is 26.8 Å². The molecule has 0 aromatic carbocycles. The van der Waals surface area contributed by atoms with Crippen molar-refractivity contribution in [3.05, 3.63) is 23.5 Å². The highest BCUT2D eigenvalue weighted by Gasteiger charge is 2.40. The minimum Gasteiger partial charge on any atom is -0.365 e. The van der Waals surface area contributed by atoms with Crippen molar-refractivity contribution in [1.82, 2.24) is 15.2 Å². The quantitative estimate of drug-likeness (QED) is 0.783. The minimum atomic E-state index is -0.753. The molecule has 0 bridgehead atoms. The normalized spacial score (nSPS) is 19.4. The largest absolute Gasteiger partial charge is 0.365 e. The van der Waals surface area contributed by atoms with Crippen LogP contribution < -0.4 is 5.32 Å². The third-order valence-corrected chi connectivity index (χ3v) is 3.20. The van der Waals surface area contributed by atoms with Crippen LogP contribution in [0.25, 0.3) is 0 Å². The molecule has 3 amide bonds. The number of imide groups is 1. The maximum absolute atomic E-state index is 12.0. The zero-order valence-corrected chi connectivity index (χ0v) is 11.2. The number of aromatic nitrogens is 1. The Hall–Kier alpha value is -2.11. The van der Waals surface area contributed by atoms with E-state index in [1.54, 1.807) is 33.0 Å².